The van der Waals surface area contributed by atoms with Crippen molar-refractivity contribution < 1.29 is 9.53 Å². The van der Waals surface area contributed by atoms with Crippen LogP contribution in [-0.2, 0) is 11.3 Å². The van der Waals surface area contributed by atoms with Crippen LogP contribution in [-0.4, -0.2) is 49.6 Å². The van der Waals surface area contributed by atoms with Crippen LogP contribution in [0.15, 0.2) is 60.0 Å². The number of rotatable bonds is 9. The zero-order valence-corrected chi connectivity index (χ0v) is 20.2. The third-order valence-corrected chi connectivity index (χ3v) is 6.56. The number of aromatic nitrogens is 5. The molecule has 0 N–H and O–H groups in total. The molecule has 0 spiro atoms. The van der Waals surface area contributed by atoms with E-state index in [4.69, 9.17) is 16.3 Å². The summed E-state index contributed by atoms with van der Waals surface area (Å²) in [5, 5.41) is 10.1. The first-order valence-corrected chi connectivity index (χ1v) is 11.8. The van der Waals surface area contributed by atoms with Gasteiger partial charge < -0.3 is 9.30 Å². The lowest BCUT2D eigenvalue weighted by molar-refractivity contribution is 0.102. The molecule has 0 amide bonds. The largest absolute Gasteiger partial charge is 0.383 e. The van der Waals surface area contributed by atoms with E-state index < -0.39 is 0 Å². The van der Waals surface area contributed by atoms with E-state index in [-0.39, 0.29) is 11.5 Å². The van der Waals surface area contributed by atoms with E-state index in [1.807, 2.05) is 60.9 Å². The number of pyridine rings is 1. The molecule has 0 radical (unpaired) electrons. The summed E-state index contributed by atoms with van der Waals surface area (Å²) in [6, 6.07) is 13.2. The summed E-state index contributed by atoms with van der Waals surface area (Å²) in [5.41, 5.74) is 4.47. The minimum absolute atomic E-state index is 0.0490. The second kappa shape index (κ2) is 10.3. The molecule has 9 heteroatoms. The van der Waals surface area contributed by atoms with Crippen LogP contribution < -0.4 is 0 Å². The number of ether oxygens (including phenoxy) is 1. The van der Waals surface area contributed by atoms with Crippen molar-refractivity contribution in [2.45, 2.75) is 25.5 Å². The number of halogens is 1. The van der Waals surface area contributed by atoms with Crippen LogP contribution in [0.4, 0.5) is 0 Å². The number of methoxy groups -OCH3 is 1. The fourth-order valence-corrected chi connectivity index (χ4v) is 4.65. The Morgan fingerprint density at radius 3 is 2.52 bits per heavy atom. The van der Waals surface area contributed by atoms with Gasteiger partial charge in [-0.1, -0.05) is 23.4 Å². The van der Waals surface area contributed by atoms with Gasteiger partial charge in [-0.05, 0) is 56.3 Å². The summed E-state index contributed by atoms with van der Waals surface area (Å²) in [5.74, 6) is 0.969. The van der Waals surface area contributed by atoms with Crippen molar-refractivity contribution in [1.82, 2.24) is 24.3 Å². The first kappa shape index (κ1) is 23.2. The van der Waals surface area contributed by atoms with Gasteiger partial charge >= 0.3 is 0 Å². The summed E-state index contributed by atoms with van der Waals surface area (Å²) in [4.78, 5) is 17.2. The number of aryl methyl sites for hydroxylation is 1. The number of nitrogens with zero attached hydrogens (tertiary/aromatic N) is 5. The van der Waals surface area contributed by atoms with E-state index in [9.17, 15) is 4.79 Å². The Hall–Kier alpha value is -2.94. The van der Waals surface area contributed by atoms with Gasteiger partial charge in [0.15, 0.2) is 16.8 Å². The highest BCUT2D eigenvalue weighted by atomic mass is 35.5. The van der Waals surface area contributed by atoms with Crippen molar-refractivity contribution in [3.63, 3.8) is 0 Å². The van der Waals surface area contributed by atoms with Crippen LogP contribution >= 0.6 is 23.4 Å². The Bertz CT molecular complexity index is 1250. The van der Waals surface area contributed by atoms with Crippen LogP contribution in [0.2, 0.25) is 5.02 Å². The van der Waals surface area contributed by atoms with E-state index in [1.54, 1.807) is 19.5 Å². The molecular weight excluding hydrogens is 458 g/mol. The van der Waals surface area contributed by atoms with Gasteiger partial charge in [-0.3, -0.25) is 14.3 Å². The van der Waals surface area contributed by atoms with Crippen LogP contribution in [0.5, 0.6) is 0 Å². The van der Waals surface area contributed by atoms with E-state index >= 15 is 0 Å². The maximum atomic E-state index is 13.1. The van der Waals surface area contributed by atoms with Crippen LogP contribution in [0.3, 0.4) is 0 Å². The molecule has 0 unspecified atom stereocenters. The Balaban J connectivity index is 1.62. The Labute approximate surface area is 201 Å². The molecule has 0 bridgehead atoms. The molecule has 0 saturated heterocycles. The van der Waals surface area contributed by atoms with Crippen molar-refractivity contribution >= 4 is 29.1 Å². The molecular formula is C24H24ClN5O2S. The number of benzene rings is 1. The summed E-state index contributed by atoms with van der Waals surface area (Å²) in [7, 11) is 1.67. The molecule has 0 saturated carbocycles. The molecule has 4 rings (SSSR count). The Kier molecular flexibility index (Phi) is 7.27. The van der Waals surface area contributed by atoms with Crippen molar-refractivity contribution in [1.29, 1.82) is 0 Å². The van der Waals surface area contributed by atoms with Crippen LogP contribution in [0.25, 0.3) is 17.1 Å². The third-order valence-electron chi connectivity index (χ3n) is 5.38. The minimum Gasteiger partial charge on any atom is -0.383 e. The normalized spacial score (nSPS) is 11.2. The van der Waals surface area contributed by atoms with Gasteiger partial charge in [0.25, 0.3) is 0 Å². The predicted octanol–water partition coefficient (Wildman–Crippen LogP) is 5.02. The molecule has 1 aromatic carbocycles. The maximum absolute atomic E-state index is 13.1. The summed E-state index contributed by atoms with van der Waals surface area (Å²) in [6.07, 6.45) is 3.43. The second-order valence-electron chi connectivity index (χ2n) is 7.49. The second-order valence-corrected chi connectivity index (χ2v) is 8.87. The highest BCUT2D eigenvalue weighted by Gasteiger charge is 2.20. The summed E-state index contributed by atoms with van der Waals surface area (Å²) < 4.78 is 9.24. The fraction of sp³-hybridized carbons (Fsp3) is 0.250. The van der Waals surface area contributed by atoms with E-state index in [2.05, 4.69) is 19.7 Å². The first-order chi connectivity index (χ1) is 16.0. The summed E-state index contributed by atoms with van der Waals surface area (Å²) in [6.45, 7) is 5.29. The van der Waals surface area contributed by atoms with Crippen molar-refractivity contribution in [2.24, 2.45) is 0 Å². The SMILES string of the molecule is COCCn1c(C)cc(C(=O)CSc2nnc(-c3ccncc3)n2-c2ccc(Cl)cc2)c1C. The molecule has 4 aromatic rings. The number of ketones is 1. The Morgan fingerprint density at radius 1 is 1.09 bits per heavy atom. The Morgan fingerprint density at radius 2 is 1.82 bits per heavy atom. The lowest BCUT2D eigenvalue weighted by Crippen LogP contribution is -2.10. The molecule has 3 heterocycles. The van der Waals surface area contributed by atoms with Crippen LogP contribution in [0.1, 0.15) is 21.7 Å². The lowest BCUT2D eigenvalue weighted by atomic mass is 10.2. The molecule has 7 nitrogen and oxygen atoms in total. The highest BCUT2D eigenvalue weighted by molar-refractivity contribution is 7.99. The smallest absolute Gasteiger partial charge is 0.196 e. The van der Waals surface area contributed by atoms with E-state index in [0.717, 1.165) is 34.7 Å². The van der Waals surface area contributed by atoms with E-state index in [0.29, 0.717) is 22.6 Å². The van der Waals surface area contributed by atoms with Gasteiger partial charge in [-0.15, -0.1) is 10.2 Å². The predicted molar refractivity (Wildman–Crippen MR) is 130 cm³/mol. The van der Waals surface area contributed by atoms with Crippen molar-refractivity contribution in [2.75, 3.05) is 19.5 Å². The van der Waals surface area contributed by atoms with Gasteiger partial charge in [0.1, 0.15) is 0 Å². The number of hydrogen-bond donors (Lipinski definition) is 0. The average Bonchev–Trinajstić information content (AvgIpc) is 3.38. The van der Waals surface area contributed by atoms with Crippen molar-refractivity contribution in [3.8, 4) is 17.1 Å². The first-order valence-electron chi connectivity index (χ1n) is 10.4. The molecule has 3 aromatic heterocycles. The van der Waals surface area contributed by atoms with Gasteiger partial charge in [-0.25, -0.2) is 0 Å². The van der Waals surface area contributed by atoms with Gasteiger partial charge in [0, 0.05) is 59.3 Å². The number of carbonyl (C=O) groups is 1. The molecule has 0 atom stereocenters. The number of Topliss-reactive ketones (excluding diaryl/α,β-unsaturated/α-hetero) is 1. The molecule has 0 aliphatic rings. The monoisotopic (exact) mass is 481 g/mol. The molecule has 33 heavy (non-hydrogen) atoms. The number of carbonyl (C=O) groups excluding carboxylic acids is 1. The number of thioether (sulfide) groups is 1. The maximum Gasteiger partial charge on any atom is 0.196 e. The fourth-order valence-electron chi connectivity index (χ4n) is 3.69. The minimum atomic E-state index is 0.0490. The standard InChI is InChI=1S/C24H24ClN5O2S/c1-16-14-21(17(2)29(16)12-13-32-3)22(31)15-33-24-28-27-23(18-8-10-26-11-9-18)30(24)20-6-4-19(25)5-7-20/h4-11,14H,12-13,15H2,1-3H3. The lowest BCUT2D eigenvalue weighted by Gasteiger charge is -2.11. The summed E-state index contributed by atoms with van der Waals surface area (Å²) >= 11 is 7.46. The van der Waals surface area contributed by atoms with Gasteiger partial charge in [0.2, 0.25) is 0 Å². The zero-order valence-electron chi connectivity index (χ0n) is 18.7. The number of hydrogen-bond acceptors (Lipinski definition) is 6. The molecule has 0 aliphatic carbocycles. The van der Waals surface area contributed by atoms with Gasteiger partial charge in [0.05, 0.1) is 12.4 Å². The third kappa shape index (κ3) is 5.03. The average molecular weight is 482 g/mol. The zero-order chi connectivity index (χ0) is 23.4. The van der Waals surface area contributed by atoms with E-state index in [1.165, 1.54) is 11.8 Å². The molecule has 170 valence electrons. The van der Waals surface area contributed by atoms with Gasteiger partial charge in [-0.2, -0.15) is 0 Å². The highest BCUT2D eigenvalue weighted by Crippen LogP contribution is 2.29. The molecule has 0 aliphatic heterocycles. The van der Waals surface area contributed by atoms with Crippen molar-refractivity contribution in [3.05, 3.63) is 76.8 Å². The molecule has 0 fully saturated rings. The van der Waals surface area contributed by atoms with Crippen LogP contribution in [0, 0.1) is 13.8 Å². The quantitative estimate of drug-likeness (QED) is 0.247. The topological polar surface area (TPSA) is 74.8 Å².